The van der Waals surface area contributed by atoms with Crippen LogP contribution < -0.4 is 0 Å². The van der Waals surface area contributed by atoms with Gasteiger partial charge in [0.25, 0.3) is 0 Å². The molecule has 0 heterocycles. The van der Waals surface area contributed by atoms with E-state index < -0.39 is 8.32 Å². The van der Waals surface area contributed by atoms with E-state index in [0.717, 1.165) is 64.1 Å². The van der Waals surface area contributed by atoms with Crippen LogP contribution >= 0.6 is 0 Å². The molecule has 0 aromatic rings. The molecule has 4 nitrogen and oxygen atoms in total. The second-order valence-corrected chi connectivity index (χ2v) is 13.7. The molecule has 0 bridgehead atoms. The Labute approximate surface area is 181 Å². The van der Waals surface area contributed by atoms with Gasteiger partial charge in [-0.2, -0.15) is 0 Å². The van der Waals surface area contributed by atoms with Gasteiger partial charge < -0.3 is 14.0 Å². The average molecular weight is 429 g/mol. The molecule has 0 spiro atoms. The maximum absolute atomic E-state index is 11.5. The molecule has 0 aliphatic heterocycles. The van der Waals surface area contributed by atoms with E-state index in [1.165, 1.54) is 25.7 Å². The number of hydrogen-bond donors (Lipinski definition) is 0. The molecule has 172 valence electrons. The second-order valence-electron chi connectivity index (χ2n) is 9.29. The Balaban J connectivity index is 4.03. The van der Waals surface area contributed by atoms with Crippen molar-refractivity contribution < 1.29 is 18.8 Å². The zero-order chi connectivity index (χ0) is 22.0. The van der Waals surface area contributed by atoms with Crippen LogP contribution in [0.4, 0.5) is 0 Å². The highest BCUT2D eigenvalue weighted by molar-refractivity contribution is 6.69. The molecule has 0 aromatic carbocycles. The lowest BCUT2D eigenvalue weighted by Gasteiger charge is -2.27. The summed E-state index contributed by atoms with van der Waals surface area (Å²) in [5.74, 6) is 0.0798. The minimum Gasteiger partial charge on any atom is -0.466 e. The number of carbonyl (C=O) groups excluding carboxylic acids is 2. The number of ether oxygens (including phenoxy) is 1. The van der Waals surface area contributed by atoms with E-state index in [9.17, 15) is 9.59 Å². The van der Waals surface area contributed by atoms with Crippen LogP contribution in [0, 0.1) is 5.92 Å². The number of rotatable bonds is 20. The van der Waals surface area contributed by atoms with Crippen molar-refractivity contribution in [3.05, 3.63) is 0 Å². The summed E-state index contributed by atoms with van der Waals surface area (Å²) in [6, 6.07) is 0. The average Bonchev–Trinajstić information content (AvgIpc) is 2.65. The van der Waals surface area contributed by atoms with E-state index in [2.05, 4.69) is 26.6 Å². The Kier molecular flexibility index (Phi) is 17.7. The second kappa shape index (κ2) is 18.1. The molecule has 0 aliphatic carbocycles. The molecule has 0 amide bonds. The molecule has 0 saturated carbocycles. The molecular weight excluding hydrogens is 380 g/mol. The van der Waals surface area contributed by atoms with Crippen molar-refractivity contribution in [1.82, 2.24) is 0 Å². The fourth-order valence-corrected chi connectivity index (χ4v) is 4.92. The molecule has 0 aliphatic rings. The van der Waals surface area contributed by atoms with Crippen molar-refractivity contribution in [2.75, 3.05) is 6.61 Å². The summed E-state index contributed by atoms with van der Waals surface area (Å²) in [7, 11) is -1.55. The number of aldehydes is 1. The topological polar surface area (TPSA) is 52.6 Å². The van der Waals surface area contributed by atoms with Gasteiger partial charge in [-0.1, -0.05) is 58.3 Å². The Bertz CT molecular complexity index is 406. The van der Waals surface area contributed by atoms with Crippen LogP contribution in [0.1, 0.15) is 104 Å². The highest BCUT2D eigenvalue weighted by Gasteiger charge is 2.22. The number of carbonyl (C=O) groups is 2. The highest BCUT2D eigenvalue weighted by atomic mass is 28.4. The zero-order valence-electron chi connectivity index (χ0n) is 20.0. The van der Waals surface area contributed by atoms with Gasteiger partial charge in [0.1, 0.15) is 6.29 Å². The van der Waals surface area contributed by atoms with Crippen LogP contribution in [0.15, 0.2) is 0 Å². The molecule has 5 heteroatoms. The van der Waals surface area contributed by atoms with Crippen LogP contribution in [0.3, 0.4) is 0 Å². The number of esters is 1. The molecular formula is C24H48O4Si. The van der Waals surface area contributed by atoms with Gasteiger partial charge in [0.2, 0.25) is 0 Å². The molecule has 0 saturated heterocycles. The smallest absolute Gasteiger partial charge is 0.305 e. The van der Waals surface area contributed by atoms with Crippen molar-refractivity contribution in [3.8, 4) is 0 Å². The Hall–Kier alpha value is -0.683. The standard InChI is InChI=1S/C24H48O4Si/c1-6-8-9-14-17-23(28-29(3,4)5)20-19-22(21-25)16-13-11-10-12-15-18-24(26)27-7-2/h21-23H,6-20H2,1-5H3. The van der Waals surface area contributed by atoms with Gasteiger partial charge in [0.05, 0.1) is 6.61 Å². The lowest BCUT2D eigenvalue weighted by atomic mass is 9.94. The van der Waals surface area contributed by atoms with E-state index in [4.69, 9.17) is 9.16 Å². The number of hydrogen-bond acceptors (Lipinski definition) is 4. The van der Waals surface area contributed by atoms with E-state index in [1.807, 2.05) is 6.92 Å². The maximum Gasteiger partial charge on any atom is 0.305 e. The summed E-state index contributed by atoms with van der Waals surface area (Å²) < 4.78 is 11.3. The van der Waals surface area contributed by atoms with Crippen molar-refractivity contribution >= 4 is 20.6 Å². The predicted molar refractivity (Wildman–Crippen MR) is 125 cm³/mol. The third-order valence-electron chi connectivity index (χ3n) is 5.21. The van der Waals surface area contributed by atoms with Gasteiger partial charge in [0.15, 0.2) is 8.32 Å². The van der Waals surface area contributed by atoms with Crippen molar-refractivity contribution in [2.45, 2.75) is 129 Å². The first-order valence-electron chi connectivity index (χ1n) is 12.1. The quantitative estimate of drug-likeness (QED) is 0.0900. The fourth-order valence-electron chi connectivity index (χ4n) is 3.68. The van der Waals surface area contributed by atoms with E-state index in [-0.39, 0.29) is 11.9 Å². The summed E-state index contributed by atoms with van der Waals surface area (Å²) in [6.45, 7) is 11.3. The van der Waals surface area contributed by atoms with Gasteiger partial charge in [-0.05, 0) is 58.7 Å². The lowest BCUT2D eigenvalue weighted by Crippen LogP contribution is -2.32. The van der Waals surface area contributed by atoms with Gasteiger partial charge >= 0.3 is 5.97 Å². The van der Waals surface area contributed by atoms with Crippen LogP contribution in [0.25, 0.3) is 0 Å². The Morgan fingerprint density at radius 1 is 0.828 bits per heavy atom. The van der Waals surface area contributed by atoms with Crippen molar-refractivity contribution in [3.63, 3.8) is 0 Å². The molecule has 0 rings (SSSR count). The minimum absolute atomic E-state index is 0.0849. The first-order chi connectivity index (χ1) is 13.8. The highest BCUT2D eigenvalue weighted by Crippen LogP contribution is 2.22. The van der Waals surface area contributed by atoms with E-state index in [0.29, 0.717) is 19.1 Å². The first-order valence-corrected chi connectivity index (χ1v) is 15.5. The summed E-state index contributed by atoms with van der Waals surface area (Å²) >= 11 is 0. The summed E-state index contributed by atoms with van der Waals surface area (Å²) in [5.41, 5.74) is 0. The summed E-state index contributed by atoms with van der Waals surface area (Å²) in [5, 5.41) is 0. The third kappa shape index (κ3) is 19.0. The summed E-state index contributed by atoms with van der Waals surface area (Å²) in [6.07, 6.45) is 16.5. The molecule has 0 fully saturated rings. The normalized spacial score (nSPS) is 13.8. The largest absolute Gasteiger partial charge is 0.466 e. The molecule has 29 heavy (non-hydrogen) atoms. The van der Waals surface area contributed by atoms with Crippen LogP contribution in [-0.4, -0.2) is 33.3 Å². The van der Waals surface area contributed by atoms with E-state index >= 15 is 0 Å². The van der Waals surface area contributed by atoms with Gasteiger partial charge in [0, 0.05) is 18.4 Å². The van der Waals surface area contributed by atoms with Crippen molar-refractivity contribution in [1.29, 1.82) is 0 Å². The van der Waals surface area contributed by atoms with Gasteiger partial charge in [-0.15, -0.1) is 0 Å². The Morgan fingerprint density at radius 2 is 1.45 bits per heavy atom. The van der Waals surface area contributed by atoms with Crippen LogP contribution in [0.2, 0.25) is 19.6 Å². The number of unbranched alkanes of at least 4 members (excludes halogenated alkanes) is 7. The third-order valence-corrected chi connectivity index (χ3v) is 6.25. The maximum atomic E-state index is 11.5. The first kappa shape index (κ1) is 28.3. The lowest BCUT2D eigenvalue weighted by molar-refractivity contribution is -0.143. The SMILES string of the molecule is CCCCCCC(CCC(C=O)CCCCCCCC(=O)OCC)O[Si](C)(C)C. The van der Waals surface area contributed by atoms with Crippen molar-refractivity contribution in [2.24, 2.45) is 5.92 Å². The summed E-state index contributed by atoms with van der Waals surface area (Å²) in [4.78, 5) is 22.8. The molecule has 0 N–H and O–H groups in total. The monoisotopic (exact) mass is 428 g/mol. The molecule has 0 radical (unpaired) electrons. The molecule has 2 atom stereocenters. The fraction of sp³-hybridized carbons (Fsp3) is 0.917. The van der Waals surface area contributed by atoms with E-state index in [1.54, 1.807) is 0 Å². The van der Waals surface area contributed by atoms with Gasteiger partial charge in [-0.25, -0.2) is 0 Å². The minimum atomic E-state index is -1.55. The Morgan fingerprint density at radius 3 is 2.07 bits per heavy atom. The van der Waals surface area contributed by atoms with Crippen LogP contribution in [-0.2, 0) is 18.8 Å². The predicted octanol–water partition coefficient (Wildman–Crippen LogP) is 7.07. The van der Waals surface area contributed by atoms with Gasteiger partial charge in [-0.3, -0.25) is 4.79 Å². The molecule has 0 aromatic heterocycles. The molecule has 2 unspecified atom stereocenters. The zero-order valence-corrected chi connectivity index (χ0v) is 21.0. The van der Waals surface area contributed by atoms with Crippen LogP contribution in [0.5, 0.6) is 0 Å².